The average Bonchev–Trinajstić information content (AvgIpc) is 3.16. The first-order valence-electron chi connectivity index (χ1n) is 7.59. The Labute approximate surface area is 137 Å². The zero-order chi connectivity index (χ0) is 15.5. The fourth-order valence-corrected chi connectivity index (χ4v) is 4.25. The van der Waals surface area contributed by atoms with Gasteiger partial charge in [-0.2, -0.15) is 0 Å². The van der Waals surface area contributed by atoms with Crippen LogP contribution < -0.4 is 10.9 Å². The lowest BCUT2D eigenvalue weighted by Gasteiger charge is -2.09. The number of aromatic amines is 1. The Morgan fingerprint density at radius 2 is 2.27 bits per heavy atom. The smallest absolute Gasteiger partial charge is 0.260 e. The fraction of sp³-hybridized carbons (Fsp3) is 0.375. The van der Waals surface area contributed by atoms with E-state index >= 15 is 0 Å². The maximum Gasteiger partial charge on any atom is 0.260 e. The molecule has 3 N–H and O–H groups in total. The number of rotatable bonds is 6. The van der Waals surface area contributed by atoms with Crippen LogP contribution in [0.2, 0.25) is 0 Å². The monoisotopic (exact) mass is 334 g/mol. The summed E-state index contributed by atoms with van der Waals surface area (Å²) in [6.07, 6.45) is 2.36. The van der Waals surface area contributed by atoms with E-state index in [9.17, 15) is 4.79 Å². The number of nitrogens with two attached hydrogens (primary N) is 1. The molecule has 0 aliphatic heterocycles. The highest BCUT2D eigenvalue weighted by Crippen LogP contribution is 2.33. The molecule has 0 amide bonds. The molecule has 3 rings (SSSR count). The van der Waals surface area contributed by atoms with Crippen LogP contribution >= 0.6 is 22.7 Å². The van der Waals surface area contributed by atoms with E-state index in [4.69, 9.17) is 0 Å². The Morgan fingerprint density at radius 3 is 3.00 bits per heavy atom. The summed E-state index contributed by atoms with van der Waals surface area (Å²) in [5.74, 6) is 0.771. The number of aromatic nitrogens is 2. The molecular formula is C16H20N3OS2+. The summed E-state index contributed by atoms with van der Waals surface area (Å²) in [5, 5.41) is 7.02. The summed E-state index contributed by atoms with van der Waals surface area (Å²) in [7, 11) is 0. The van der Waals surface area contributed by atoms with Gasteiger partial charge >= 0.3 is 0 Å². The van der Waals surface area contributed by atoms with Crippen molar-refractivity contribution in [3.05, 3.63) is 39.1 Å². The highest BCUT2D eigenvalue weighted by Gasteiger charge is 2.17. The van der Waals surface area contributed by atoms with Crippen LogP contribution in [0.4, 0.5) is 0 Å². The molecular weight excluding hydrogens is 314 g/mol. The van der Waals surface area contributed by atoms with Gasteiger partial charge in [0, 0.05) is 15.8 Å². The number of nitrogens with zero attached hydrogens (tertiary/aromatic N) is 1. The van der Waals surface area contributed by atoms with Gasteiger partial charge in [0.2, 0.25) is 0 Å². The molecule has 0 aliphatic carbocycles. The number of H-pyrrole nitrogens is 1. The maximum absolute atomic E-state index is 12.5. The van der Waals surface area contributed by atoms with Gasteiger partial charge < -0.3 is 10.3 Å². The predicted octanol–water partition coefficient (Wildman–Crippen LogP) is 3.14. The third-order valence-electron chi connectivity index (χ3n) is 3.76. The van der Waals surface area contributed by atoms with Crippen LogP contribution in [0.15, 0.2) is 27.7 Å². The van der Waals surface area contributed by atoms with Gasteiger partial charge in [0.05, 0.1) is 11.9 Å². The van der Waals surface area contributed by atoms with Crippen LogP contribution in [0.3, 0.4) is 0 Å². The Bertz CT molecular complexity index is 805. The van der Waals surface area contributed by atoms with Crippen molar-refractivity contribution in [3.63, 3.8) is 0 Å². The van der Waals surface area contributed by atoms with Crippen molar-refractivity contribution in [1.29, 1.82) is 0 Å². The minimum Gasteiger partial charge on any atom is -0.338 e. The second-order valence-corrected chi connectivity index (χ2v) is 7.23. The van der Waals surface area contributed by atoms with E-state index in [1.165, 1.54) is 12.8 Å². The number of thiophene rings is 2. The number of unbranched alkanes of at least 4 members (excludes halogenated alkanes) is 1. The van der Waals surface area contributed by atoms with Gasteiger partial charge in [-0.1, -0.05) is 19.4 Å². The Kier molecular flexibility index (Phi) is 4.71. The average molecular weight is 334 g/mol. The first kappa shape index (κ1) is 15.4. The van der Waals surface area contributed by atoms with Gasteiger partial charge in [-0.3, -0.25) is 4.79 Å². The minimum absolute atomic E-state index is 0.0274. The molecule has 0 radical (unpaired) electrons. The van der Waals surface area contributed by atoms with Crippen molar-refractivity contribution in [2.75, 3.05) is 6.54 Å². The maximum atomic E-state index is 12.5. The zero-order valence-electron chi connectivity index (χ0n) is 12.8. The molecule has 116 valence electrons. The van der Waals surface area contributed by atoms with Crippen LogP contribution in [0.5, 0.6) is 0 Å². The lowest BCUT2D eigenvalue weighted by molar-refractivity contribution is -0.694. The highest BCUT2D eigenvalue weighted by molar-refractivity contribution is 7.18. The molecule has 0 bridgehead atoms. The van der Waals surface area contributed by atoms with Gasteiger partial charge in [-0.15, -0.1) is 22.7 Å². The van der Waals surface area contributed by atoms with E-state index < -0.39 is 0 Å². The van der Waals surface area contributed by atoms with E-state index in [2.05, 4.69) is 29.1 Å². The molecule has 22 heavy (non-hydrogen) atoms. The molecule has 1 atom stereocenters. The number of nitrogens with one attached hydrogen (secondary N) is 1. The van der Waals surface area contributed by atoms with Crippen LogP contribution in [0.25, 0.3) is 20.7 Å². The number of fused-ring (bicyclic) bond motifs is 1. The molecule has 3 aromatic heterocycles. The van der Waals surface area contributed by atoms with Crippen molar-refractivity contribution in [2.24, 2.45) is 0 Å². The van der Waals surface area contributed by atoms with E-state index in [1.54, 1.807) is 22.7 Å². The second-order valence-electron chi connectivity index (χ2n) is 5.42. The molecule has 6 heteroatoms. The largest absolute Gasteiger partial charge is 0.338 e. The normalized spacial score (nSPS) is 12.8. The van der Waals surface area contributed by atoms with Crippen molar-refractivity contribution < 1.29 is 5.32 Å². The van der Waals surface area contributed by atoms with E-state index in [-0.39, 0.29) is 11.6 Å². The zero-order valence-corrected chi connectivity index (χ0v) is 14.4. The quantitative estimate of drug-likeness (QED) is 0.680. The standard InChI is InChI=1S/C16H19N3OS2/c1-3-4-7-17-10(2)14-18-15(20)13-11(9-22-16(13)19-14)12-6-5-8-21-12/h5-6,8-10,17H,3-4,7H2,1-2H3,(H,18,19,20)/p+1/t10-/m0/s1. The van der Waals surface area contributed by atoms with Crippen LogP contribution in [0, 0.1) is 0 Å². The van der Waals surface area contributed by atoms with E-state index in [1.807, 2.05) is 22.9 Å². The van der Waals surface area contributed by atoms with Crippen molar-refractivity contribution >= 4 is 32.9 Å². The predicted molar refractivity (Wildman–Crippen MR) is 93.7 cm³/mol. The third kappa shape index (κ3) is 2.99. The molecule has 3 heterocycles. The summed E-state index contributed by atoms with van der Waals surface area (Å²) in [4.78, 5) is 22.1. The first-order chi connectivity index (χ1) is 10.7. The minimum atomic E-state index is -0.0274. The number of hydrogen-bond acceptors (Lipinski definition) is 4. The first-order valence-corrected chi connectivity index (χ1v) is 9.35. The van der Waals surface area contributed by atoms with Crippen LogP contribution in [-0.2, 0) is 0 Å². The Balaban J connectivity index is 1.95. The van der Waals surface area contributed by atoms with Gasteiger partial charge in [0.15, 0.2) is 5.82 Å². The molecule has 0 aliphatic rings. The summed E-state index contributed by atoms with van der Waals surface area (Å²) in [6, 6.07) is 4.22. The van der Waals surface area contributed by atoms with Crippen molar-refractivity contribution in [3.8, 4) is 10.4 Å². The summed E-state index contributed by atoms with van der Waals surface area (Å²) < 4.78 is 0. The molecule has 0 fully saturated rings. The van der Waals surface area contributed by atoms with E-state index in [0.29, 0.717) is 0 Å². The highest BCUT2D eigenvalue weighted by atomic mass is 32.1. The topological polar surface area (TPSA) is 62.4 Å². The molecule has 0 spiro atoms. The third-order valence-corrected chi connectivity index (χ3v) is 5.53. The van der Waals surface area contributed by atoms with Gasteiger partial charge in [0.25, 0.3) is 5.56 Å². The molecule has 0 saturated carbocycles. The van der Waals surface area contributed by atoms with Crippen LogP contribution in [0.1, 0.15) is 38.6 Å². The van der Waals surface area contributed by atoms with Gasteiger partial charge in [0.1, 0.15) is 10.9 Å². The second kappa shape index (κ2) is 6.73. The number of quaternary nitrogens is 1. The summed E-state index contributed by atoms with van der Waals surface area (Å²) in [5.41, 5.74) is 0.971. The summed E-state index contributed by atoms with van der Waals surface area (Å²) >= 11 is 3.20. The Hall–Kier alpha value is -1.50. The SMILES string of the molecule is CCCC[NH2+][C@@H](C)c1nc2scc(-c3cccs3)c2c(=O)[nH]1. The Morgan fingerprint density at radius 1 is 1.41 bits per heavy atom. The lowest BCUT2D eigenvalue weighted by atomic mass is 10.2. The molecule has 4 nitrogen and oxygen atoms in total. The van der Waals surface area contributed by atoms with Gasteiger partial charge in [-0.25, -0.2) is 4.98 Å². The van der Waals surface area contributed by atoms with Gasteiger partial charge in [-0.05, 0) is 24.8 Å². The molecule has 3 aromatic rings. The number of hydrogen-bond donors (Lipinski definition) is 2. The summed E-state index contributed by atoms with van der Waals surface area (Å²) in [6.45, 7) is 5.33. The van der Waals surface area contributed by atoms with Crippen molar-refractivity contribution in [1.82, 2.24) is 9.97 Å². The molecule has 0 unspecified atom stereocenters. The molecule has 0 aromatic carbocycles. The van der Waals surface area contributed by atoms with Crippen molar-refractivity contribution in [2.45, 2.75) is 32.7 Å². The molecule has 0 saturated heterocycles. The van der Waals surface area contributed by atoms with E-state index in [0.717, 1.165) is 33.0 Å². The van der Waals surface area contributed by atoms with Crippen LogP contribution in [-0.4, -0.2) is 16.5 Å². The lowest BCUT2D eigenvalue weighted by Crippen LogP contribution is -2.84. The fourth-order valence-electron chi connectivity index (χ4n) is 2.48.